The number of nitrogens with one attached hydrogen (secondary N) is 1. The Bertz CT molecular complexity index is 1050. The first-order valence-electron chi connectivity index (χ1n) is 11.0. The average molecular weight is 422 g/mol. The molecule has 0 aromatic carbocycles. The Morgan fingerprint density at radius 3 is 2.57 bits per heavy atom. The monoisotopic (exact) mass is 421 g/mol. The SMILES string of the molecule is O=C(NCSc1nccn1CC12CC3CC(CC(C3)C1)C2)c1cccc2nccn12. The second kappa shape index (κ2) is 7.15. The number of rotatable bonds is 6. The molecule has 3 aromatic heterocycles. The number of aromatic nitrogens is 4. The molecule has 3 aromatic rings. The molecule has 0 unspecified atom stereocenters. The van der Waals surface area contributed by atoms with Crippen molar-refractivity contribution in [3.05, 3.63) is 48.7 Å². The molecule has 1 N–H and O–H groups in total. The van der Waals surface area contributed by atoms with Gasteiger partial charge in [-0.15, -0.1) is 0 Å². The molecule has 4 fully saturated rings. The van der Waals surface area contributed by atoms with Crippen LogP contribution >= 0.6 is 11.8 Å². The molecule has 0 atom stereocenters. The summed E-state index contributed by atoms with van der Waals surface area (Å²) in [6.07, 6.45) is 16.2. The quantitative estimate of drug-likeness (QED) is 0.478. The molecular weight excluding hydrogens is 394 g/mol. The molecule has 7 rings (SSSR count). The first kappa shape index (κ1) is 18.5. The molecule has 4 aliphatic carbocycles. The molecule has 1 amide bonds. The van der Waals surface area contributed by atoms with Crippen LogP contribution in [0.1, 0.15) is 49.0 Å². The lowest BCUT2D eigenvalue weighted by Crippen LogP contribution is -2.47. The van der Waals surface area contributed by atoms with Crippen molar-refractivity contribution in [1.82, 2.24) is 24.3 Å². The third kappa shape index (κ3) is 3.23. The minimum atomic E-state index is -0.0923. The van der Waals surface area contributed by atoms with E-state index < -0.39 is 0 Å². The zero-order valence-electron chi connectivity index (χ0n) is 17.0. The zero-order chi connectivity index (χ0) is 20.1. The fourth-order valence-electron chi connectivity index (χ4n) is 6.79. The second-order valence-corrected chi connectivity index (χ2v) is 10.6. The molecular formula is C23H27N5OS. The number of amides is 1. The Hall–Kier alpha value is -2.28. The lowest BCUT2D eigenvalue weighted by molar-refractivity contribution is -0.0630. The molecule has 6 nitrogen and oxygen atoms in total. The van der Waals surface area contributed by atoms with Gasteiger partial charge in [0.25, 0.3) is 5.91 Å². The number of thioether (sulfide) groups is 1. The van der Waals surface area contributed by atoms with Crippen LogP contribution in [0.2, 0.25) is 0 Å². The molecule has 0 aliphatic heterocycles. The number of hydrogen-bond donors (Lipinski definition) is 1. The highest BCUT2D eigenvalue weighted by molar-refractivity contribution is 7.99. The minimum Gasteiger partial charge on any atom is -0.341 e. The van der Waals surface area contributed by atoms with Gasteiger partial charge in [-0.25, -0.2) is 9.97 Å². The highest BCUT2D eigenvalue weighted by Gasteiger charge is 2.50. The topological polar surface area (TPSA) is 64.2 Å². The van der Waals surface area contributed by atoms with Gasteiger partial charge in [-0.3, -0.25) is 9.20 Å². The van der Waals surface area contributed by atoms with Gasteiger partial charge in [0, 0.05) is 31.3 Å². The number of imidazole rings is 2. The Kier molecular flexibility index (Phi) is 4.41. The van der Waals surface area contributed by atoms with Gasteiger partial charge in [-0.2, -0.15) is 0 Å². The van der Waals surface area contributed by atoms with E-state index in [-0.39, 0.29) is 5.91 Å². The number of nitrogens with zero attached hydrogens (tertiary/aromatic N) is 4. The zero-order valence-corrected chi connectivity index (χ0v) is 17.9. The van der Waals surface area contributed by atoms with E-state index in [1.54, 1.807) is 18.0 Å². The van der Waals surface area contributed by atoms with Gasteiger partial charge in [-0.05, 0) is 73.8 Å². The summed E-state index contributed by atoms with van der Waals surface area (Å²) in [5, 5.41) is 4.03. The fourth-order valence-corrected chi connectivity index (χ4v) is 7.55. The van der Waals surface area contributed by atoms with Crippen LogP contribution in [-0.2, 0) is 6.54 Å². The number of hydrogen-bond acceptors (Lipinski definition) is 4. The van der Waals surface area contributed by atoms with E-state index in [0.29, 0.717) is 17.0 Å². The van der Waals surface area contributed by atoms with Crippen molar-refractivity contribution >= 4 is 23.3 Å². The first-order valence-corrected chi connectivity index (χ1v) is 12.0. The van der Waals surface area contributed by atoms with Gasteiger partial charge in [-0.1, -0.05) is 17.8 Å². The Balaban J connectivity index is 1.11. The highest BCUT2D eigenvalue weighted by atomic mass is 32.2. The predicted octanol–water partition coefficient (Wildman–Crippen LogP) is 4.23. The third-order valence-corrected chi connectivity index (χ3v) is 8.33. The van der Waals surface area contributed by atoms with Crippen LogP contribution in [0.3, 0.4) is 0 Å². The largest absolute Gasteiger partial charge is 0.341 e. The van der Waals surface area contributed by atoms with Crippen LogP contribution in [0, 0.1) is 23.2 Å². The van der Waals surface area contributed by atoms with Gasteiger partial charge >= 0.3 is 0 Å². The van der Waals surface area contributed by atoms with Crippen molar-refractivity contribution in [3.8, 4) is 0 Å². The lowest BCUT2D eigenvalue weighted by atomic mass is 9.49. The molecule has 0 spiro atoms. The van der Waals surface area contributed by atoms with Crippen LogP contribution in [-0.4, -0.2) is 30.7 Å². The van der Waals surface area contributed by atoms with Gasteiger partial charge in [0.05, 0.1) is 5.88 Å². The van der Waals surface area contributed by atoms with Crippen molar-refractivity contribution < 1.29 is 4.79 Å². The van der Waals surface area contributed by atoms with Gasteiger partial charge in [0.1, 0.15) is 11.3 Å². The minimum absolute atomic E-state index is 0.0923. The molecule has 4 saturated carbocycles. The Labute approximate surface area is 180 Å². The normalized spacial score (nSPS) is 29.5. The molecule has 0 radical (unpaired) electrons. The Morgan fingerprint density at radius 1 is 1.07 bits per heavy atom. The van der Waals surface area contributed by atoms with Crippen molar-refractivity contribution in [2.45, 2.75) is 50.2 Å². The molecule has 30 heavy (non-hydrogen) atoms. The van der Waals surface area contributed by atoms with E-state index in [2.05, 4.69) is 26.0 Å². The maximum atomic E-state index is 12.7. The predicted molar refractivity (Wildman–Crippen MR) is 116 cm³/mol. The van der Waals surface area contributed by atoms with Crippen molar-refractivity contribution in [2.75, 3.05) is 5.88 Å². The lowest BCUT2D eigenvalue weighted by Gasteiger charge is -2.57. The summed E-state index contributed by atoms with van der Waals surface area (Å²) in [7, 11) is 0. The second-order valence-electron chi connectivity index (χ2n) is 9.62. The summed E-state index contributed by atoms with van der Waals surface area (Å²) in [5.41, 5.74) is 1.86. The number of carbonyl (C=O) groups excluding carboxylic acids is 1. The molecule has 0 saturated heterocycles. The summed E-state index contributed by atoms with van der Waals surface area (Å²) in [6.45, 7) is 1.08. The first-order chi connectivity index (χ1) is 14.7. The smallest absolute Gasteiger partial charge is 0.268 e. The van der Waals surface area contributed by atoms with Gasteiger partial charge < -0.3 is 9.88 Å². The number of carbonyl (C=O) groups is 1. The molecule has 156 valence electrons. The van der Waals surface area contributed by atoms with Crippen LogP contribution in [0.15, 0.2) is 48.1 Å². The standard InChI is InChI=1S/C23H27N5OS/c29-21(19-2-1-3-20-24-5-7-28(19)20)26-15-30-22-25-4-6-27(22)14-23-11-16-8-17(12-23)10-18(9-16)13-23/h1-7,16-18H,8-15H2,(H,26,29). The van der Waals surface area contributed by atoms with Gasteiger partial charge in [0.2, 0.25) is 0 Å². The van der Waals surface area contributed by atoms with E-state index in [9.17, 15) is 4.79 Å². The Morgan fingerprint density at radius 2 is 1.80 bits per heavy atom. The van der Waals surface area contributed by atoms with E-state index in [1.807, 2.05) is 35.0 Å². The van der Waals surface area contributed by atoms with E-state index in [4.69, 9.17) is 0 Å². The van der Waals surface area contributed by atoms with Gasteiger partial charge in [0.15, 0.2) is 5.16 Å². The van der Waals surface area contributed by atoms with E-state index in [0.717, 1.165) is 35.1 Å². The third-order valence-electron chi connectivity index (χ3n) is 7.44. The van der Waals surface area contributed by atoms with Crippen molar-refractivity contribution in [2.24, 2.45) is 23.2 Å². The number of fused-ring (bicyclic) bond motifs is 1. The molecule has 4 aliphatic rings. The average Bonchev–Trinajstić information content (AvgIpc) is 3.35. The van der Waals surface area contributed by atoms with Crippen LogP contribution < -0.4 is 5.32 Å². The molecule has 4 bridgehead atoms. The van der Waals surface area contributed by atoms with Crippen molar-refractivity contribution in [3.63, 3.8) is 0 Å². The fraction of sp³-hybridized carbons (Fsp3) is 0.522. The summed E-state index contributed by atoms with van der Waals surface area (Å²) in [5.74, 6) is 3.29. The van der Waals surface area contributed by atoms with Crippen molar-refractivity contribution in [1.29, 1.82) is 0 Å². The summed E-state index contributed by atoms with van der Waals surface area (Å²) in [6, 6.07) is 5.58. The molecule has 7 heteroatoms. The maximum absolute atomic E-state index is 12.7. The summed E-state index contributed by atoms with van der Waals surface area (Å²) >= 11 is 1.61. The number of pyridine rings is 1. The van der Waals surface area contributed by atoms with Crippen LogP contribution in [0.25, 0.3) is 5.65 Å². The van der Waals surface area contributed by atoms with Crippen LogP contribution in [0.4, 0.5) is 0 Å². The van der Waals surface area contributed by atoms with E-state index in [1.165, 1.54) is 38.5 Å². The van der Waals surface area contributed by atoms with E-state index >= 15 is 0 Å². The van der Waals surface area contributed by atoms with Crippen LogP contribution in [0.5, 0.6) is 0 Å². The summed E-state index contributed by atoms with van der Waals surface area (Å²) < 4.78 is 4.15. The summed E-state index contributed by atoms with van der Waals surface area (Å²) in [4.78, 5) is 21.5. The maximum Gasteiger partial charge on any atom is 0.268 e. The highest BCUT2D eigenvalue weighted by Crippen LogP contribution is 2.60. The molecule has 3 heterocycles.